The van der Waals surface area contributed by atoms with Gasteiger partial charge in [0.2, 0.25) is 0 Å². The summed E-state index contributed by atoms with van der Waals surface area (Å²) >= 11 is 0. The summed E-state index contributed by atoms with van der Waals surface area (Å²) < 4.78 is 15.6. The van der Waals surface area contributed by atoms with Crippen LogP contribution >= 0.6 is 0 Å². The first-order valence-corrected chi connectivity index (χ1v) is 3.91. The van der Waals surface area contributed by atoms with Gasteiger partial charge < -0.3 is 19.9 Å². The van der Waals surface area contributed by atoms with Crippen LogP contribution in [0.3, 0.4) is 0 Å². The minimum absolute atomic E-state index is 0.309. The molecule has 0 fully saturated rings. The molecule has 0 saturated carbocycles. The summed E-state index contributed by atoms with van der Waals surface area (Å²) in [5, 5.41) is 0. The van der Waals surface area contributed by atoms with E-state index in [0.717, 1.165) is 0 Å². The summed E-state index contributed by atoms with van der Waals surface area (Å²) in [4.78, 5) is 0. The zero-order valence-electron chi connectivity index (χ0n) is 7.45. The van der Waals surface area contributed by atoms with E-state index in [2.05, 4.69) is 0 Å². The van der Waals surface area contributed by atoms with E-state index in [-0.39, 0.29) is 6.29 Å². The monoisotopic (exact) mass is 173 g/mol. The molecule has 0 spiro atoms. The molecule has 0 unspecified atom stereocenters. The number of nitrogens with two attached hydrogens (primary N) is 1. The van der Waals surface area contributed by atoms with E-state index in [4.69, 9.17) is 19.9 Å². The number of methoxy groups -OCH3 is 2. The van der Waals surface area contributed by atoms with Gasteiger partial charge in [-0.2, -0.15) is 0 Å². The fourth-order valence-electron chi connectivity index (χ4n) is 1.19. The van der Waals surface area contributed by atoms with Gasteiger partial charge in [-0.3, -0.25) is 0 Å². The van der Waals surface area contributed by atoms with Gasteiger partial charge in [-0.05, 0) is 18.7 Å². The Labute approximate surface area is 72.3 Å². The minimum atomic E-state index is -0.671. The molecule has 0 aromatic carbocycles. The summed E-state index contributed by atoms with van der Waals surface area (Å²) in [5.74, 6) is -0.671. The first-order chi connectivity index (χ1) is 5.76. The number of hydrogen-bond donors (Lipinski definition) is 1. The standard InChI is InChI=1S/C8H15NO3/c1-10-7-3-4-8(11-2,12-7)5-6-9/h3-4,7H,5-6,9H2,1-2H3/t7-,8+/m1/s1. The first kappa shape index (κ1) is 9.67. The molecule has 0 aromatic rings. The van der Waals surface area contributed by atoms with E-state index in [0.29, 0.717) is 13.0 Å². The van der Waals surface area contributed by atoms with Gasteiger partial charge in [0, 0.05) is 20.6 Å². The molecular formula is C8H15NO3. The lowest BCUT2D eigenvalue weighted by Crippen LogP contribution is -2.34. The van der Waals surface area contributed by atoms with Crippen molar-refractivity contribution in [3.63, 3.8) is 0 Å². The highest BCUT2D eigenvalue weighted by atomic mass is 16.8. The average molecular weight is 173 g/mol. The lowest BCUT2D eigenvalue weighted by molar-refractivity contribution is -0.243. The topological polar surface area (TPSA) is 53.7 Å². The fourth-order valence-corrected chi connectivity index (χ4v) is 1.19. The highest BCUT2D eigenvalue weighted by molar-refractivity contribution is 5.04. The molecule has 4 nitrogen and oxygen atoms in total. The Bertz CT molecular complexity index is 172. The second kappa shape index (κ2) is 4.00. The SMILES string of the molecule is CO[C@H]1C=C[C@](CCN)(OC)O1. The maximum absolute atomic E-state index is 5.45. The highest BCUT2D eigenvalue weighted by Gasteiger charge is 2.34. The number of ether oxygens (including phenoxy) is 3. The summed E-state index contributed by atoms with van der Waals surface area (Å²) in [6, 6.07) is 0. The van der Waals surface area contributed by atoms with E-state index < -0.39 is 5.79 Å². The average Bonchev–Trinajstić information content (AvgIpc) is 2.50. The van der Waals surface area contributed by atoms with Crippen LogP contribution in [-0.4, -0.2) is 32.8 Å². The van der Waals surface area contributed by atoms with Crippen LogP contribution in [0.4, 0.5) is 0 Å². The Morgan fingerprint density at radius 3 is 2.75 bits per heavy atom. The van der Waals surface area contributed by atoms with Crippen LogP contribution in [0.25, 0.3) is 0 Å². The molecule has 12 heavy (non-hydrogen) atoms. The van der Waals surface area contributed by atoms with Crippen LogP contribution in [0.5, 0.6) is 0 Å². The van der Waals surface area contributed by atoms with Gasteiger partial charge >= 0.3 is 0 Å². The van der Waals surface area contributed by atoms with Crippen molar-refractivity contribution in [2.24, 2.45) is 5.73 Å². The van der Waals surface area contributed by atoms with Crippen molar-refractivity contribution in [1.29, 1.82) is 0 Å². The molecule has 1 heterocycles. The Morgan fingerprint density at radius 1 is 1.58 bits per heavy atom. The third-order valence-electron chi connectivity index (χ3n) is 1.89. The Kier molecular flexibility index (Phi) is 3.22. The van der Waals surface area contributed by atoms with Crippen molar-refractivity contribution < 1.29 is 14.2 Å². The van der Waals surface area contributed by atoms with Gasteiger partial charge in [0.25, 0.3) is 0 Å². The summed E-state index contributed by atoms with van der Waals surface area (Å²) in [6.07, 6.45) is 3.99. The Hall–Kier alpha value is -0.420. The molecule has 1 aliphatic rings. The Morgan fingerprint density at radius 2 is 2.33 bits per heavy atom. The second-order valence-corrected chi connectivity index (χ2v) is 2.64. The van der Waals surface area contributed by atoms with Crippen LogP contribution in [-0.2, 0) is 14.2 Å². The molecule has 0 aliphatic carbocycles. The molecule has 2 N–H and O–H groups in total. The van der Waals surface area contributed by atoms with E-state index in [1.54, 1.807) is 14.2 Å². The summed E-state index contributed by atoms with van der Waals surface area (Å²) in [5.41, 5.74) is 5.42. The van der Waals surface area contributed by atoms with Gasteiger partial charge in [-0.25, -0.2) is 0 Å². The molecule has 0 bridgehead atoms. The van der Waals surface area contributed by atoms with Gasteiger partial charge in [0.1, 0.15) is 0 Å². The van der Waals surface area contributed by atoms with E-state index >= 15 is 0 Å². The van der Waals surface area contributed by atoms with Crippen LogP contribution in [0.1, 0.15) is 6.42 Å². The van der Waals surface area contributed by atoms with Crippen molar-refractivity contribution >= 4 is 0 Å². The maximum Gasteiger partial charge on any atom is 0.192 e. The molecule has 0 amide bonds. The largest absolute Gasteiger partial charge is 0.352 e. The zero-order chi connectivity index (χ0) is 9.03. The van der Waals surface area contributed by atoms with Crippen molar-refractivity contribution in [2.75, 3.05) is 20.8 Å². The Balaban J connectivity index is 2.55. The van der Waals surface area contributed by atoms with Crippen LogP contribution in [0.15, 0.2) is 12.2 Å². The van der Waals surface area contributed by atoms with E-state index in [1.165, 1.54) is 0 Å². The minimum Gasteiger partial charge on any atom is -0.352 e. The fraction of sp³-hybridized carbons (Fsp3) is 0.750. The highest BCUT2D eigenvalue weighted by Crippen LogP contribution is 2.27. The zero-order valence-corrected chi connectivity index (χ0v) is 7.45. The van der Waals surface area contributed by atoms with Gasteiger partial charge in [0.15, 0.2) is 12.1 Å². The molecule has 2 atom stereocenters. The van der Waals surface area contributed by atoms with Crippen molar-refractivity contribution in [3.8, 4) is 0 Å². The second-order valence-electron chi connectivity index (χ2n) is 2.64. The lowest BCUT2D eigenvalue weighted by atomic mass is 10.2. The van der Waals surface area contributed by atoms with Crippen molar-refractivity contribution in [3.05, 3.63) is 12.2 Å². The number of rotatable bonds is 4. The van der Waals surface area contributed by atoms with Crippen molar-refractivity contribution in [2.45, 2.75) is 18.5 Å². The molecular weight excluding hydrogens is 158 g/mol. The van der Waals surface area contributed by atoms with Crippen LogP contribution in [0.2, 0.25) is 0 Å². The molecule has 0 aromatic heterocycles. The molecule has 70 valence electrons. The van der Waals surface area contributed by atoms with Crippen LogP contribution < -0.4 is 5.73 Å². The van der Waals surface area contributed by atoms with E-state index in [1.807, 2.05) is 12.2 Å². The smallest absolute Gasteiger partial charge is 0.192 e. The molecule has 1 aliphatic heterocycles. The third-order valence-corrected chi connectivity index (χ3v) is 1.89. The molecule has 1 rings (SSSR count). The van der Waals surface area contributed by atoms with Gasteiger partial charge in [-0.1, -0.05) is 0 Å². The quantitative estimate of drug-likeness (QED) is 0.618. The maximum atomic E-state index is 5.45. The summed E-state index contributed by atoms with van der Waals surface area (Å²) in [6.45, 7) is 0.522. The molecule has 0 radical (unpaired) electrons. The summed E-state index contributed by atoms with van der Waals surface area (Å²) in [7, 11) is 3.18. The lowest BCUT2D eigenvalue weighted by Gasteiger charge is -2.26. The normalized spacial score (nSPS) is 34.4. The molecule has 0 saturated heterocycles. The van der Waals surface area contributed by atoms with Gasteiger partial charge in [-0.15, -0.1) is 0 Å². The van der Waals surface area contributed by atoms with Crippen LogP contribution in [0, 0.1) is 0 Å². The predicted octanol–water partition coefficient (Wildman–Crippen LogP) is 0.237. The van der Waals surface area contributed by atoms with E-state index in [9.17, 15) is 0 Å². The number of hydrogen-bond acceptors (Lipinski definition) is 4. The third kappa shape index (κ3) is 1.84. The van der Waals surface area contributed by atoms with Crippen molar-refractivity contribution in [1.82, 2.24) is 0 Å². The predicted molar refractivity (Wildman–Crippen MR) is 44.4 cm³/mol. The van der Waals surface area contributed by atoms with Gasteiger partial charge in [0.05, 0.1) is 0 Å². The molecule has 4 heteroatoms. The first-order valence-electron chi connectivity index (χ1n) is 3.91.